The van der Waals surface area contributed by atoms with Crippen LogP contribution in [0.5, 0.6) is 0 Å². The van der Waals surface area contributed by atoms with Gasteiger partial charge in [0, 0.05) is 6.42 Å². The molecule has 0 fully saturated rings. The second-order valence-electron chi connectivity index (χ2n) is 2.21. The second kappa shape index (κ2) is 7.44. The molecule has 0 aromatic rings. The number of hydrogen-bond acceptors (Lipinski definition) is 2. The van der Waals surface area contributed by atoms with Gasteiger partial charge in [-0.15, -0.1) is 0 Å². The summed E-state index contributed by atoms with van der Waals surface area (Å²) in [6.07, 6.45) is 6.80. The number of unbranched alkanes of at least 4 members (excludes halogenated alkanes) is 1. The summed E-state index contributed by atoms with van der Waals surface area (Å²) in [7, 11) is 0. The lowest BCUT2D eigenvalue weighted by molar-refractivity contribution is 0.186. The highest BCUT2D eigenvalue weighted by atomic mass is 19.1. The smallest absolute Gasteiger partial charge is 0.105 e. The van der Waals surface area contributed by atoms with Gasteiger partial charge in [0.2, 0.25) is 0 Å². The zero-order chi connectivity index (χ0) is 8.53. The van der Waals surface area contributed by atoms with E-state index in [0.29, 0.717) is 19.2 Å². The minimum Gasteiger partial charge on any atom is -0.379 e. The van der Waals surface area contributed by atoms with Crippen molar-refractivity contribution in [3.8, 4) is 0 Å². The van der Waals surface area contributed by atoms with Crippen molar-refractivity contribution in [3.05, 3.63) is 24.6 Å². The van der Waals surface area contributed by atoms with Gasteiger partial charge in [-0.1, -0.05) is 18.2 Å². The van der Waals surface area contributed by atoms with E-state index in [1.165, 1.54) is 6.08 Å². The summed E-state index contributed by atoms with van der Waals surface area (Å²) >= 11 is 0. The largest absolute Gasteiger partial charge is 0.379 e. The third-order valence-corrected chi connectivity index (χ3v) is 1.13. The second-order valence-corrected chi connectivity index (χ2v) is 2.21. The number of aliphatic hydroxyl groups excluding tert-OH is 1. The molecule has 0 saturated carbocycles. The molecule has 1 unspecified atom stereocenters. The van der Waals surface area contributed by atoms with Crippen LogP contribution in [0.3, 0.4) is 0 Å². The Balaban J connectivity index is 3.16. The summed E-state index contributed by atoms with van der Waals surface area (Å²) in [5, 5.41) is 8.61. The lowest BCUT2D eigenvalue weighted by Gasteiger charge is -1.95. The molecule has 0 aliphatic carbocycles. The van der Waals surface area contributed by atoms with Gasteiger partial charge in [-0.25, -0.2) is 4.39 Å². The van der Waals surface area contributed by atoms with Gasteiger partial charge in [0.1, 0.15) is 6.23 Å². The molecule has 0 rings (SSSR count). The van der Waals surface area contributed by atoms with E-state index in [1.54, 1.807) is 6.08 Å². The Kier molecular flexibility index (Phi) is 6.98. The Morgan fingerprint density at radius 3 is 2.45 bits per heavy atom. The molecule has 0 aliphatic rings. The lowest BCUT2D eigenvalue weighted by Crippen LogP contribution is -2.16. The minimum absolute atomic E-state index is 0.458. The summed E-state index contributed by atoms with van der Waals surface area (Å²) in [6.45, 7) is 0. The van der Waals surface area contributed by atoms with Gasteiger partial charge in [-0.2, -0.15) is 0 Å². The van der Waals surface area contributed by atoms with E-state index < -0.39 is 6.23 Å². The molecular weight excluding hydrogens is 145 g/mol. The van der Waals surface area contributed by atoms with E-state index in [4.69, 9.17) is 10.8 Å². The first-order chi connectivity index (χ1) is 5.27. The van der Waals surface area contributed by atoms with Crippen LogP contribution in [-0.2, 0) is 0 Å². The molecule has 0 spiro atoms. The van der Waals surface area contributed by atoms with E-state index in [0.717, 1.165) is 6.42 Å². The number of hydrogen-bond donors (Lipinski definition) is 2. The number of halogens is 1. The van der Waals surface area contributed by atoms with Crippen molar-refractivity contribution in [1.29, 1.82) is 0 Å². The average Bonchev–Trinajstić information content (AvgIpc) is 1.96. The third-order valence-electron chi connectivity index (χ3n) is 1.13. The zero-order valence-electron chi connectivity index (χ0n) is 6.41. The molecule has 0 aromatic heterocycles. The van der Waals surface area contributed by atoms with E-state index in [-0.39, 0.29) is 0 Å². The van der Waals surface area contributed by atoms with Crippen LogP contribution in [0.1, 0.15) is 19.3 Å². The minimum atomic E-state index is -0.775. The molecule has 3 heteroatoms. The number of rotatable bonds is 5. The van der Waals surface area contributed by atoms with Crippen molar-refractivity contribution >= 4 is 0 Å². The first kappa shape index (κ1) is 10.3. The van der Waals surface area contributed by atoms with Gasteiger partial charge in [-0.3, -0.25) is 0 Å². The molecular formula is C8H14FNO. The Hall–Kier alpha value is -0.670. The maximum absolute atomic E-state index is 11.4. The van der Waals surface area contributed by atoms with Gasteiger partial charge < -0.3 is 10.8 Å². The highest BCUT2D eigenvalue weighted by Gasteiger charge is 1.87. The Labute approximate surface area is 66.2 Å². The van der Waals surface area contributed by atoms with E-state index in [1.807, 2.05) is 6.08 Å². The van der Waals surface area contributed by atoms with Crippen LogP contribution in [0.4, 0.5) is 4.39 Å². The fraction of sp³-hybridized carbons (Fsp3) is 0.500. The topological polar surface area (TPSA) is 46.2 Å². The summed E-state index contributed by atoms with van der Waals surface area (Å²) in [6, 6.07) is 0. The summed E-state index contributed by atoms with van der Waals surface area (Å²) in [4.78, 5) is 0. The lowest BCUT2D eigenvalue weighted by atomic mass is 10.2. The summed E-state index contributed by atoms with van der Waals surface area (Å²) in [5.74, 6) is 0. The maximum atomic E-state index is 11.4. The van der Waals surface area contributed by atoms with Gasteiger partial charge in [-0.05, 0) is 12.8 Å². The zero-order valence-corrected chi connectivity index (χ0v) is 6.41. The van der Waals surface area contributed by atoms with Crippen LogP contribution in [-0.4, -0.2) is 11.3 Å². The van der Waals surface area contributed by atoms with E-state index in [9.17, 15) is 4.39 Å². The summed E-state index contributed by atoms with van der Waals surface area (Å²) in [5.41, 5.74) is 5.06. The highest BCUT2D eigenvalue weighted by molar-refractivity contribution is 4.86. The predicted octanol–water partition coefficient (Wildman–Crippen LogP) is 1.47. The number of nitrogens with two attached hydrogens (primary N) is 1. The number of aliphatic hydroxyl groups is 1. The molecule has 0 radical (unpaired) electrons. The van der Waals surface area contributed by atoms with Crippen molar-refractivity contribution in [2.45, 2.75) is 25.5 Å². The summed E-state index contributed by atoms with van der Waals surface area (Å²) < 4.78 is 11.4. The monoisotopic (exact) mass is 159 g/mol. The molecule has 0 amide bonds. The molecule has 2 nitrogen and oxygen atoms in total. The van der Waals surface area contributed by atoms with Crippen LogP contribution < -0.4 is 5.73 Å². The van der Waals surface area contributed by atoms with Crippen LogP contribution in [0.15, 0.2) is 24.6 Å². The molecule has 0 aliphatic heterocycles. The van der Waals surface area contributed by atoms with Crippen LogP contribution in [0, 0.1) is 0 Å². The number of allylic oxidation sites excluding steroid dienone is 2. The molecule has 1 atom stereocenters. The fourth-order valence-corrected chi connectivity index (χ4v) is 0.609. The van der Waals surface area contributed by atoms with Crippen molar-refractivity contribution in [2.24, 2.45) is 5.73 Å². The quantitative estimate of drug-likeness (QED) is 0.362. The molecule has 0 heterocycles. The molecule has 11 heavy (non-hydrogen) atoms. The Morgan fingerprint density at radius 2 is 1.91 bits per heavy atom. The Bertz CT molecular complexity index is 132. The SMILES string of the molecule is NC(O)C/C=C/CC/C=C/F. The molecule has 64 valence electrons. The van der Waals surface area contributed by atoms with Gasteiger partial charge in [0.15, 0.2) is 0 Å². The van der Waals surface area contributed by atoms with Crippen molar-refractivity contribution in [2.75, 3.05) is 0 Å². The van der Waals surface area contributed by atoms with Crippen LogP contribution in [0.2, 0.25) is 0 Å². The van der Waals surface area contributed by atoms with E-state index >= 15 is 0 Å². The molecule has 0 bridgehead atoms. The van der Waals surface area contributed by atoms with Crippen molar-refractivity contribution in [3.63, 3.8) is 0 Å². The maximum Gasteiger partial charge on any atom is 0.105 e. The van der Waals surface area contributed by atoms with Crippen molar-refractivity contribution in [1.82, 2.24) is 0 Å². The van der Waals surface area contributed by atoms with E-state index in [2.05, 4.69) is 0 Å². The van der Waals surface area contributed by atoms with Gasteiger partial charge in [0.25, 0.3) is 0 Å². The third kappa shape index (κ3) is 9.33. The van der Waals surface area contributed by atoms with Gasteiger partial charge in [0.05, 0.1) is 6.33 Å². The molecule has 0 aromatic carbocycles. The first-order valence-electron chi connectivity index (χ1n) is 3.61. The normalized spacial score (nSPS) is 14.8. The highest BCUT2D eigenvalue weighted by Crippen LogP contribution is 1.95. The fourth-order valence-electron chi connectivity index (χ4n) is 0.609. The van der Waals surface area contributed by atoms with Crippen LogP contribution in [0.25, 0.3) is 0 Å². The standard InChI is InChI=1S/C8H14FNO/c9-7-5-3-1-2-4-6-8(10)11/h2,4-5,7-8,11H,1,3,6,10H2/b4-2+,7-5+. The Morgan fingerprint density at radius 1 is 1.27 bits per heavy atom. The van der Waals surface area contributed by atoms with Crippen molar-refractivity contribution < 1.29 is 9.50 Å². The van der Waals surface area contributed by atoms with Crippen LogP contribution >= 0.6 is 0 Å². The average molecular weight is 159 g/mol. The predicted molar refractivity (Wildman–Crippen MR) is 43.4 cm³/mol. The molecule has 0 saturated heterocycles. The van der Waals surface area contributed by atoms with Gasteiger partial charge >= 0.3 is 0 Å². The first-order valence-corrected chi connectivity index (χ1v) is 3.61. The molecule has 3 N–H and O–H groups in total.